The van der Waals surface area contributed by atoms with Gasteiger partial charge in [-0.3, -0.25) is 16.7 Å². The van der Waals surface area contributed by atoms with E-state index >= 15 is 0 Å². The Hall–Kier alpha value is -2.44. The Kier molecular flexibility index (Phi) is 21.1. The van der Waals surface area contributed by atoms with E-state index in [1.54, 1.807) is 6.07 Å². The molecule has 0 atom stereocenters. The number of piperidine rings is 1. The van der Waals surface area contributed by atoms with Gasteiger partial charge >= 0.3 is 0 Å². The number of benzene rings is 2. The number of aliphatic hydroxyl groups excluding tert-OH is 2. The summed E-state index contributed by atoms with van der Waals surface area (Å²) in [5.41, 5.74) is 3.54. The zero-order valence-electron chi connectivity index (χ0n) is 22.5. The number of aliphatic hydroxyl groups is 2. The molecule has 7 nitrogen and oxygen atoms in total. The van der Waals surface area contributed by atoms with Gasteiger partial charge in [0.15, 0.2) is 0 Å². The third-order valence-electron chi connectivity index (χ3n) is 6.30. The van der Waals surface area contributed by atoms with Crippen LogP contribution in [0.25, 0.3) is 0 Å². The number of likely N-dealkylation sites (tertiary alicyclic amines) is 1. The number of phenolic OH excluding ortho intramolecular Hbond substituents is 1. The van der Waals surface area contributed by atoms with Crippen LogP contribution in [0.4, 0.5) is 0 Å². The van der Waals surface area contributed by atoms with Crippen LogP contribution in [-0.4, -0.2) is 77.3 Å². The van der Waals surface area contributed by atoms with Crippen LogP contribution in [0.15, 0.2) is 79.0 Å². The SMILES string of the molecule is CO.CO.Oc1ccccc1CN(CCCN1CCC(c2ccccc2)CC1)Cc1ccccn1.[CH-]=O.[Re]. The molecule has 0 aliphatic carbocycles. The Morgan fingerprint density at radius 3 is 2.08 bits per heavy atom. The molecule has 0 amide bonds. The molecule has 209 valence electrons. The van der Waals surface area contributed by atoms with Crippen molar-refractivity contribution < 1.29 is 40.5 Å². The Balaban J connectivity index is 0.00000183. The summed E-state index contributed by atoms with van der Waals surface area (Å²) in [6, 6.07) is 24.7. The van der Waals surface area contributed by atoms with Crippen molar-refractivity contribution in [2.75, 3.05) is 40.4 Å². The molecule has 38 heavy (non-hydrogen) atoms. The first-order valence-corrected chi connectivity index (χ1v) is 12.6. The van der Waals surface area contributed by atoms with E-state index < -0.39 is 0 Å². The molecule has 1 aromatic heterocycles. The summed E-state index contributed by atoms with van der Waals surface area (Å²) in [5.74, 6) is 1.08. The van der Waals surface area contributed by atoms with Gasteiger partial charge in [0, 0.05) is 66.0 Å². The molecule has 4 rings (SSSR count). The molecular formula is C30H42N3O4Re-. The summed E-state index contributed by atoms with van der Waals surface area (Å²) >= 11 is 0. The van der Waals surface area contributed by atoms with Crippen molar-refractivity contribution in [1.82, 2.24) is 14.8 Å². The van der Waals surface area contributed by atoms with Crippen molar-refractivity contribution in [2.45, 2.75) is 38.3 Å². The van der Waals surface area contributed by atoms with E-state index in [9.17, 15) is 5.11 Å². The smallest absolute Gasteiger partial charge is 0.120 e. The molecule has 1 saturated heterocycles. The molecule has 2 heterocycles. The van der Waals surface area contributed by atoms with E-state index in [1.807, 2.05) is 36.5 Å². The molecule has 1 aliphatic rings. The maximum absolute atomic E-state index is 10.2. The zero-order valence-corrected chi connectivity index (χ0v) is 25.2. The maximum Gasteiger partial charge on any atom is 0.120 e. The van der Waals surface area contributed by atoms with Gasteiger partial charge in [-0.1, -0.05) is 54.6 Å². The molecular weight excluding hydrogens is 653 g/mol. The average Bonchev–Trinajstić information content (AvgIpc) is 2.99. The minimum absolute atomic E-state index is 0. The standard InChI is InChI=1S/C27H33N3O.2CH4O.CHO.Re/c31-27-13-5-4-11-25(27)21-30(22-26-12-6-7-16-28-26)18-8-17-29-19-14-24(15-20-29)23-9-2-1-3-10-23;3*1-2;/h1-7,9-13,16,24,31H,8,14-15,17-22H2;2*2H,1H3;1H;/q;;;-1;. The molecule has 1 fully saturated rings. The molecule has 3 N–H and O–H groups in total. The average molecular weight is 695 g/mol. The van der Waals surface area contributed by atoms with Crippen LogP contribution in [0.1, 0.15) is 42.0 Å². The third kappa shape index (κ3) is 12.9. The van der Waals surface area contributed by atoms with Crippen LogP contribution in [0, 0.1) is 0 Å². The summed E-state index contributed by atoms with van der Waals surface area (Å²) in [4.78, 5) is 17.3. The van der Waals surface area contributed by atoms with Crippen molar-refractivity contribution in [3.63, 3.8) is 0 Å². The fourth-order valence-corrected chi connectivity index (χ4v) is 4.55. The summed E-state index contributed by atoms with van der Waals surface area (Å²) in [5, 5.41) is 24.2. The van der Waals surface area contributed by atoms with E-state index in [1.165, 1.54) is 31.5 Å². The summed E-state index contributed by atoms with van der Waals surface area (Å²) < 4.78 is 0. The van der Waals surface area contributed by atoms with Gasteiger partial charge in [-0.05, 0) is 68.6 Å². The van der Waals surface area contributed by atoms with Crippen molar-refractivity contribution in [3.8, 4) is 5.75 Å². The fraction of sp³-hybridized carbons (Fsp3) is 0.400. The first-order valence-electron chi connectivity index (χ1n) is 12.6. The predicted molar refractivity (Wildman–Crippen MR) is 149 cm³/mol. The second kappa shape index (κ2) is 22.5. The van der Waals surface area contributed by atoms with Crippen LogP contribution in [0.5, 0.6) is 5.75 Å². The monoisotopic (exact) mass is 695 g/mol. The second-order valence-corrected chi connectivity index (χ2v) is 8.54. The number of phenols is 1. The van der Waals surface area contributed by atoms with Gasteiger partial charge in [-0.25, -0.2) is 0 Å². The number of aromatic nitrogens is 1. The zero-order chi connectivity index (χ0) is 27.3. The Morgan fingerprint density at radius 1 is 0.868 bits per heavy atom. The van der Waals surface area contributed by atoms with E-state index in [2.05, 4.69) is 58.0 Å². The first kappa shape index (κ1) is 35.6. The Bertz CT molecular complexity index is 942. The minimum Gasteiger partial charge on any atom is -0.545 e. The van der Waals surface area contributed by atoms with Crippen LogP contribution in [0.3, 0.4) is 0 Å². The molecule has 0 saturated carbocycles. The van der Waals surface area contributed by atoms with Gasteiger partial charge in [-0.2, -0.15) is 0 Å². The van der Waals surface area contributed by atoms with Crippen LogP contribution in [0.2, 0.25) is 0 Å². The van der Waals surface area contributed by atoms with E-state index in [0.717, 1.165) is 58.1 Å². The number of rotatable bonds is 9. The molecule has 3 aromatic rings. The number of carbonyl (C=O) groups excluding carboxylic acids is 1. The minimum atomic E-state index is 0. The van der Waals surface area contributed by atoms with Gasteiger partial charge < -0.3 is 25.0 Å². The Labute approximate surface area is 241 Å². The molecule has 2 aromatic carbocycles. The summed E-state index contributed by atoms with van der Waals surface area (Å²) in [6.45, 7) is 9.26. The largest absolute Gasteiger partial charge is 0.545 e. The van der Waals surface area contributed by atoms with Crippen molar-refractivity contribution in [3.05, 3.63) is 95.8 Å². The van der Waals surface area contributed by atoms with E-state index in [4.69, 9.17) is 15.0 Å². The second-order valence-electron chi connectivity index (χ2n) is 8.54. The van der Waals surface area contributed by atoms with Gasteiger partial charge in [0.2, 0.25) is 0 Å². The first-order chi connectivity index (χ1) is 18.3. The van der Waals surface area contributed by atoms with Crippen LogP contribution < -0.4 is 0 Å². The van der Waals surface area contributed by atoms with Crippen molar-refractivity contribution >= 4 is 6.79 Å². The number of hydrogen-bond donors (Lipinski definition) is 3. The summed E-state index contributed by atoms with van der Waals surface area (Å²) in [6.07, 6.45) is 5.47. The van der Waals surface area contributed by atoms with Crippen molar-refractivity contribution in [1.29, 1.82) is 0 Å². The number of pyridine rings is 1. The number of nitrogens with zero attached hydrogens (tertiary/aromatic N) is 3. The van der Waals surface area contributed by atoms with Gasteiger partial charge in [0.25, 0.3) is 0 Å². The third-order valence-corrected chi connectivity index (χ3v) is 6.30. The maximum atomic E-state index is 10.2. The predicted octanol–water partition coefficient (Wildman–Crippen LogP) is 4.00. The van der Waals surface area contributed by atoms with E-state index in [-0.39, 0.29) is 20.4 Å². The van der Waals surface area contributed by atoms with E-state index in [0.29, 0.717) is 11.7 Å². The van der Waals surface area contributed by atoms with Gasteiger partial charge in [0.05, 0.1) is 5.69 Å². The summed E-state index contributed by atoms with van der Waals surface area (Å²) in [7, 11) is 2.00. The fourth-order valence-electron chi connectivity index (χ4n) is 4.55. The quantitative estimate of drug-likeness (QED) is 0.230. The number of aromatic hydroxyl groups is 1. The molecule has 1 aliphatic heterocycles. The van der Waals surface area contributed by atoms with Gasteiger partial charge in [0.1, 0.15) is 5.75 Å². The number of hydrogen-bond acceptors (Lipinski definition) is 7. The topological polar surface area (TPSA) is 97.1 Å². The van der Waals surface area contributed by atoms with Crippen LogP contribution >= 0.6 is 0 Å². The molecule has 0 bridgehead atoms. The Morgan fingerprint density at radius 2 is 1.47 bits per heavy atom. The normalized spacial score (nSPS) is 13.0. The molecule has 1 radical (unpaired) electrons. The van der Waals surface area contributed by atoms with Gasteiger partial charge in [-0.15, -0.1) is 0 Å². The number of para-hydroxylation sites is 1. The molecule has 0 unspecified atom stereocenters. The molecule has 8 heteroatoms. The van der Waals surface area contributed by atoms with Crippen molar-refractivity contribution in [2.24, 2.45) is 0 Å². The van der Waals surface area contributed by atoms with Crippen LogP contribution in [-0.2, 0) is 38.3 Å². The molecule has 0 spiro atoms.